The van der Waals surface area contributed by atoms with Crippen LogP contribution >= 0.6 is 0 Å². The van der Waals surface area contributed by atoms with E-state index in [0.29, 0.717) is 5.56 Å². The number of nitrogens with zero attached hydrogens (tertiary/aromatic N) is 1. The normalized spacial score (nSPS) is 18.9. The van der Waals surface area contributed by atoms with Gasteiger partial charge in [-0.15, -0.1) is 0 Å². The van der Waals surface area contributed by atoms with E-state index in [4.69, 9.17) is 0 Å². The summed E-state index contributed by atoms with van der Waals surface area (Å²) in [6, 6.07) is 19.4. The average molecular weight is 385 g/mol. The lowest BCUT2D eigenvalue weighted by molar-refractivity contribution is -0.378. The van der Waals surface area contributed by atoms with Crippen molar-refractivity contribution in [3.63, 3.8) is 0 Å². The average Bonchev–Trinajstić information content (AvgIpc) is 3.00. The Morgan fingerprint density at radius 1 is 0.966 bits per heavy atom. The second-order valence-corrected chi connectivity index (χ2v) is 7.27. The number of benzene rings is 2. The van der Waals surface area contributed by atoms with Crippen molar-refractivity contribution in [1.29, 1.82) is 0 Å². The molecule has 3 aromatic rings. The minimum absolute atomic E-state index is 0.249. The number of pyridine rings is 1. The van der Waals surface area contributed by atoms with Gasteiger partial charge in [-0.25, -0.2) is 4.98 Å². The lowest BCUT2D eigenvalue weighted by Gasteiger charge is -2.27. The lowest BCUT2D eigenvalue weighted by Crippen LogP contribution is -2.30. The zero-order chi connectivity index (χ0) is 20.4. The van der Waals surface area contributed by atoms with Crippen molar-refractivity contribution >= 4 is 17.5 Å². The Bertz CT molecular complexity index is 1050. The SMILES string of the molecule is Cc1ccc(C2C(C(=O)c3ccccc3)C(=O)C(=O)N2Cc2ccc[nH+]c2)cc1. The molecule has 4 rings (SSSR count). The molecule has 29 heavy (non-hydrogen) atoms. The van der Waals surface area contributed by atoms with Crippen molar-refractivity contribution in [3.8, 4) is 0 Å². The monoisotopic (exact) mass is 385 g/mol. The van der Waals surface area contributed by atoms with E-state index in [1.165, 1.54) is 4.90 Å². The number of hydrogen-bond acceptors (Lipinski definition) is 3. The van der Waals surface area contributed by atoms with E-state index < -0.39 is 23.7 Å². The molecule has 1 fully saturated rings. The first-order valence-corrected chi connectivity index (χ1v) is 9.52. The Kier molecular flexibility index (Phi) is 5.04. The molecule has 0 bridgehead atoms. The molecule has 1 aromatic heterocycles. The summed E-state index contributed by atoms with van der Waals surface area (Å²) in [7, 11) is 0. The van der Waals surface area contributed by atoms with Gasteiger partial charge in [0.2, 0.25) is 5.78 Å². The molecule has 2 atom stereocenters. The molecule has 1 amide bonds. The molecule has 0 radical (unpaired) electrons. The van der Waals surface area contributed by atoms with Gasteiger partial charge in [-0.1, -0.05) is 60.2 Å². The van der Waals surface area contributed by atoms with E-state index in [9.17, 15) is 14.4 Å². The number of likely N-dealkylation sites (tertiary alicyclic amines) is 1. The molecule has 1 N–H and O–H groups in total. The molecule has 1 aliphatic rings. The highest BCUT2D eigenvalue weighted by Gasteiger charge is 2.51. The molecular weight excluding hydrogens is 364 g/mol. The predicted octanol–water partition coefficient (Wildman–Crippen LogP) is 2.96. The topological polar surface area (TPSA) is 68.6 Å². The lowest BCUT2D eigenvalue weighted by atomic mass is 9.86. The van der Waals surface area contributed by atoms with E-state index >= 15 is 0 Å². The van der Waals surface area contributed by atoms with Crippen molar-refractivity contribution in [2.45, 2.75) is 19.5 Å². The fraction of sp³-hybridized carbons (Fsp3) is 0.167. The molecule has 2 unspecified atom stereocenters. The number of rotatable bonds is 5. The van der Waals surface area contributed by atoms with Gasteiger partial charge >= 0.3 is 0 Å². The summed E-state index contributed by atoms with van der Waals surface area (Å²) in [5, 5.41) is 0. The molecule has 0 spiro atoms. The first-order valence-electron chi connectivity index (χ1n) is 9.52. The predicted molar refractivity (Wildman–Crippen MR) is 107 cm³/mol. The summed E-state index contributed by atoms with van der Waals surface area (Å²) in [5.41, 5.74) is 3.15. The summed E-state index contributed by atoms with van der Waals surface area (Å²) < 4.78 is 0. The molecule has 2 heterocycles. The van der Waals surface area contributed by atoms with Crippen molar-refractivity contribution in [2.75, 3.05) is 0 Å². The van der Waals surface area contributed by atoms with Gasteiger partial charge in [0.1, 0.15) is 5.92 Å². The smallest absolute Gasteiger partial charge is 0.291 e. The minimum atomic E-state index is -1.06. The van der Waals surface area contributed by atoms with Crippen LogP contribution in [0, 0.1) is 12.8 Å². The van der Waals surface area contributed by atoms with Crippen molar-refractivity contribution in [1.82, 2.24) is 4.90 Å². The van der Waals surface area contributed by atoms with E-state index in [2.05, 4.69) is 4.98 Å². The van der Waals surface area contributed by atoms with Crippen LogP contribution in [-0.2, 0) is 16.1 Å². The summed E-state index contributed by atoms with van der Waals surface area (Å²) in [6.07, 6.45) is 3.57. The summed E-state index contributed by atoms with van der Waals surface area (Å²) in [4.78, 5) is 43.6. The Labute approximate surface area is 169 Å². The number of carbonyl (C=O) groups is 3. The number of amides is 1. The van der Waals surface area contributed by atoms with Gasteiger partial charge < -0.3 is 4.90 Å². The number of aromatic amines is 1. The number of Topliss-reactive ketones (excluding diaryl/α,β-unsaturated/α-hetero) is 2. The van der Waals surface area contributed by atoms with Crippen LogP contribution in [-0.4, -0.2) is 22.4 Å². The molecule has 144 valence electrons. The van der Waals surface area contributed by atoms with Gasteiger partial charge in [0, 0.05) is 17.2 Å². The molecule has 0 saturated carbocycles. The third-order valence-corrected chi connectivity index (χ3v) is 5.29. The zero-order valence-electron chi connectivity index (χ0n) is 16.0. The van der Waals surface area contributed by atoms with Gasteiger partial charge in [0.25, 0.3) is 5.91 Å². The molecule has 5 nitrogen and oxygen atoms in total. The number of aromatic nitrogens is 1. The van der Waals surface area contributed by atoms with Crippen LogP contribution in [0.15, 0.2) is 79.1 Å². The number of aryl methyl sites for hydroxylation is 1. The van der Waals surface area contributed by atoms with E-state index in [-0.39, 0.29) is 12.3 Å². The van der Waals surface area contributed by atoms with Crippen LogP contribution in [0.3, 0.4) is 0 Å². The van der Waals surface area contributed by atoms with Gasteiger partial charge in [-0.2, -0.15) is 0 Å². The maximum atomic E-state index is 13.2. The van der Waals surface area contributed by atoms with Crippen LogP contribution in [0.25, 0.3) is 0 Å². The van der Waals surface area contributed by atoms with Crippen LogP contribution < -0.4 is 4.98 Å². The summed E-state index contributed by atoms with van der Waals surface area (Å²) in [6.45, 7) is 2.22. The van der Waals surface area contributed by atoms with Crippen LogP contribution in [0.5, 0.6) is 0 Å². The number of carbonyl (C=O) groups excluding carboxylic acids is 3. The Balaban J connectivity index is 1.78. The largest absolute Gasteiger partial charge is 0.323 e. The van der Waals surface area contributed by atoms with Crippen molar-refractivity contribution in [2.24, 2.45) is 5.92 Å². The zero-order valence-corrected chi connectivity index (χ0v) is 16.0. The first-order chi connectivity index (χ1) is 14.1. The van der Waals surface area contributed by atoms with Crippen molar-refractivity contribution < 1.29 is 19.4 Å². The van der Waals surface area contributed by atoms with Crippen molar-refractivity contribution in [3.05, 3.63) is 101 Å². The second-order valence-electron chi connectivity index (χ2n) is 7.27. The highest BCUT2D eigenvalue weighted by atomic mass is 16.2. The standard InChI is InChI=1S/C24H20N2O3/c1-16-9-11-18(12-10-16)21-20(22(27)19-7-3-2-4-8-19)23(28)24(29)26(21)15-17-6-5-13-25-14-17/h2-14,20-21H,15H2,1H3/p+1. The van der Waals surface area contributed by atoms with Gasteiger partial charge in [0.05, 0.1) is 12.6 Å². The molecule has 0 aliphatic carbocycles. The van der Waals surface area contributed by atoms with Crippen LogP contribution in [0.4, 0.5) is 0 Å². The fourth-order valence-corrected chi connectivity index (χ4v) is 3.80. The van der Waals surface area contributed by atoms with Crippen LogP contribution in [0.1, 0.15) is 33.1 Å². The molecule has 1 aliphatic heterocycles. The first kappa shape index (κ1) is 18.7. The third-order valence-electron chi connectivity index (χ3n) is 5.29. The van der Waals surface area contributed by atoms with Gasteiger partial charge in [-0.3, -0.25) is 14.4 Å². The fourth-order valence-electron chi connectivity index (χ4n) is 3.80. The van der Waals surface area contributed by atoms with Crippen LogP contribution in [0.2, 0.25) is 0 Å². The quantitative estimate of drug-likeness (QED) is 0.385. The number of H-pyrrole nitrogens is 1. The second kappa shape index (κ2) is 7.80. The maximum absolute atomic E-state index is 13.2. The number of hydrogen-bond donors (Lipinski definition) is 0. The number of nitrogens with one attached hydrogen (secondary N) is 1. The van der Waals surface area contributed by atoms with Gasteiger partial charge in [-0.05, 0) is 18.6 Å². The Hall–Kier alpha value is -3.60. The molecule has 1 saturated heterocycles. The Morgan fingerprint density at radius 2 is 1.69 bits per heavy atom. The maximum Gasteiger partial charge on any atom is 0.291 e. The minimum Gasteiger partial charge on any atom is -0.323 e. The summed E-state index contributed by atoms with van der Waals surface area (Å²) in [5.74, 6) is -2.64. The van der Waals surface area contributed by atoms with E-state index in [1.807, 2.05) is 49.4 Å². The Morgan fingerprint density at radius 3 is 2.34 bits per heavy atom. The highest BCUT2D eigenvalue weighted by molar-refractivity contribution is 6.44. The molecule has 2 aromatic carbocycles. The molecule has 5 heteroatoms. The highest BCUT2D eigenvalue weighted by Crippen LogP contribution is 2.39. The van der Waals surface area contributed by atoms with E-state index in [0.717, 1.165) is 16.7 Å². The molecular formula is C24H21N2O3+. The van der Waals surface area contributed by atoms with E-state index in [1.54, 1.807) is 36.7 Å². The van der Waals surface area contributed by atoms with Gasteiger partial charge in [0.15, 0.2) is 18.2 Å². The number of ketones is 2. The summed E-state index contributed by atoms with van der Waals surface area (Å²) >= 11 is 0. The third kappa shape index (κ3) is 3.59.